The van der Waals surface area contributed by atoms with E-state index in [1.165, 1.54) is 14.2 Å². The van der Waals surface area contributed by atoms with Crippen molar-refractivity contribution in [2.24, 2.45) is 0 Å². The van der Waals surface area contributed by atoms with E-state index in [2.05, 4.69) is 0 Å². The summed E-state index contributed by atoms with van der Waals surface area (Å²) >= 11 is 0. The lowest BCUT2D eigenvalue weighted by Gasteiger charge is -2.23. The van der Waals surface area contributed by atoms with E-state index in [1.807, 2.05) is 49.4 Å². The number of benzene rings is 3. The maximum atomic E-state index is 13.8. The third-order valence-electron chi connectivity index (χ3n) is 6.43. The van der Waals surface area contributed by atoms with E-state index in [1.54, 1.807) is 59.5 Å². The van der Waals surface area contributed by atoms with Crippen LogP contribution in [0.4, 0.5) is 5.69 Å². The summed E-state index contributed by atoms with van der Waals surface area (Å²) in [5.41, 5.74) is 5.10. The predicted molar refractivity (Wildman–Crippen MR) is 148 cm³/mol. The van der Waals surface area contributed by atoms with Gasteiger partial charge in [0.15, 0.2) is 0 Å². The Morgan fingerprint density at radius 2 is 1.46 bits per heavy atom. The van der Waals surface area contributed by atoms with Crippen molar-refractivity contribution in [2.45, 2.75) is 6.92 Å². The fraction of sp³-hybridized carbons (Fsp3) is 0.0938. The van der Waals surface area contributed by atoms with Crippen LogP contribution in [0.3, 0.4) is 0 Å². The minimum Gasteiger partial charge on any atom is -0.465 e. The van der Waals surface area contributed by atoms with Crippen molar-refractivity contribution < 1.29 is 28.3 Å². The van der Waals surface area contributed by atoms with E-state index in [-0.39, 0.29) is 5.91 Å². The molecule has 1 aliphatic heterocycles. The highest BCUT2D eigenvalue weighted by atomic mass is 16.5. The van der Waals surface area contributed by atoms with Crippen LogP contribution >= 0.6 is 0 Å². The van der Waals surface area contributed by atoms with Gasteiger partial charge in [-0.3, -0.25) is 9.69 Å². The highest BCUT2D eigenvalue weighted by Gasteiger charge is 2.31. The SMILES string of the molecule is COC(=O)c1ccc(-c2ccc(/C=C3\C=C(c4ccccc4)N(c4ccc(C(=O)OC)cc4C)C3=O)o2)cc1. The molecular weight excluding hydrogens is 494 g/mol. The number of carbonyl (C=O) groups excluding carboxylic acids is 3. The maximum Gasteiger partial charge on any atom is 0.337 e. The summed E-state index contributed by atoms with van der Waals surface area (Å²) in [6.45, 7) is 1.85. The first-order chi connectivity index (χ1) is 18.9. The number of anilines is 1. The van der Waals surface area contributed by atoms with E-state index in [9.17, 15) is 14.4 Å². The van der Waals surface area contributed by atoms with Crippen LogP contribution in [0, 0.1) is 6.92 Å². The first kappa shape index (κ1) is 25.5. The molecule has 0 saturated carbocycles. The molecule has 7 nitrogen and oxygen atoms in total. The van der Waals surface area contributed by atoms with Crippen molar-refractivity contribution in [1.29, 1.82) is 0 Å². The van der Waals surface area contributed by atoms with E-state index >= 15 is 0 Å². The molecule has 0 fully saturated rings. The van der Waals surface area contributed by atoms with Gasteiger partial charge in [0.2, 0.25) is 0 Å². The van der Waals surface area contributed by atoms with Gasteiger partial charge in [0.05, 0.1) is 36.7 Å². The monoisotopic (exact) mass is 519 g/mol. The standard InChI is InChI=1S/C32H25NO6/c1-20-17-24(32(36)38-3)13-15-27(20)33-28(21-7-5-4-6-8-21)19-25(30(33)34)18-26-14-16-29(39-26)22-9-11-23(12-10-22)31(35)37-2/h4-19H,1-3H3/b25-18+. The number of esters is 2. The molecule has 194 valence electrons. The van der Waals surface area contributed by atoms with E-state index < -0.39 is 11.9 Å². The molecule has 1 amide bonds. The summed E-state index contributed by atoms with van der Waals surface area (Å²) in [6.07, 6.45) is 3.54. The van der Waals surface area contributed by atoms with Gasteiger partial charge >= 0.3 is 11.9 Å². The molecule has 0 atom stereocenters. The van der Waals surface area contributed by atoms with E-state index in [4.69, 9.17) is 13.9 Å². The van der Waals surface area contributed by atoms with Crippen molar-refractivity contribution in [3.63, 3.8) is 0 Å². The number of carbonyl (C=O) groups is 3. The Kier molecular flexibility index (Phi) is 6.97. The minimum atomic E-state index is -0.439. The van der Waals surface area contributed by atoms with Gasteiger partial charge in [0.25, 0.3) is 5.91 Å². The number of hydrogen-bond acceptors (Lipinski definition) is 6. The van der Waals surface area contributed by atoms with Crippen molar-refractivity contribution in [1.82, 2.24) is 0 Å². The second kappa shape index (κ2) is 10.7. The molecule has 0 spiro atoms. The van der Waals surface area contributed by atoms with Crippen LogP contribution in [-0.4, -0.2) is 32.1 Å². The lowest BCUT2D eigenvalue weighted by Crippen LogP contribution is -2.25. The molecule has 0 unspecified atom stereocenters. The average Bonchev–Trinajstić information content (AvgIpc) is 3.57. The summed E-state index contributed by atoms with van der Waals surface area (Å²) in [6, 6.07) is 25.2. The third-order valence-corrected chi connectivity index (χ3v) is 6.43. The Balaban J connectivity index is 1.50. The molecule has 1 aliphatic rings. The van der Waals surface area contributed by atoms with Crippen molar-refractivity contribution in [3.05, 3.63) is 125 Å². The Bertz CT molecular complexity index is 1630. The molecule has 0 N–H and O–H groups in total. The Morgan fingerprint density at radius 1 is 0.795 bits per heavy atom. The first-order valence-electron chi connectivity index (χ1n) is 12.2. The fourth-order valence-electron chi connectivity index (χ4n) is 4.45. The number of amides is 1. The number of hydrogen-bond donors (Lipinski definition) is 0. The number of aryl methyl sites for hydroxylation is 1. The molecule has 0 bridgehead atoms. The minimum absolute atomic E-state index is 0.219. The summed E-state index contributed by atoms with van der Waals surface area (Å²) in [5, 5.41) is 0. The van der Waals surface area contributed by atoms with Crippen LogP contribution in [0.5, 0.6) is 0 Å². The average molecular weight is 520 g/mol. The Labute approximate surface area is 225 Å². The zero-order valence-electron chi connectivity index (χ0n) is 21.6. The molecule has 0 aliphatic carbocycles. The van der Waals surface area contributed by atoms with Gasteiger partial charge < -0.3 is 13.9 Å². The van der Waals surface area contributed by atoms with Crippen molar-refractivity contribution >= 4 is 35.3 Å². The van der Waals surface area contributed by atoms with Gasteiger partial charge in [-0.25, -0.2) is 9.59 Å². The molecule has 4 aromatic rings. The summed E-state index contributed by atoms with van der Waals surface area (Å²) in [5.74, 6) is 0.0381. The smallest absolute Gasteiger partial charge is 0.337 e. The zero-order valence-corrected chi connectivity index (χ0v) is 21.6. The molecule has 1 aromatic heterocycles. The molecule has 2 heterocycles. The summed E-state index contributed by atoms with van der Waals surface area (Å²) in [7, 11) is 2.67. The second-order valence-electron chi connectivity index (χ2n) is 8.90. The van der Waals surface area contributed by atoms with Gasteiger partial charge in [-0.1, -0.05) is 42.5 Å². The van der Waals surface area contributed by atoms with Gasteiger partial charge in [0.1, 0.15) is 11.5 Å². The van der Waals surface area contributed by atoms with E-state index in [0.29, 0.717) is 39.6 Å². The quantitative estimate of drug-likeness (QED) is 0.220. The summed E-state index contributed by atoms with van der Waals surface area (Å²) < 4.78 is 15.6. The van der Waals surface area contributed by atoms with Gasteiger partial charge in [-0.15, -0.1) is 0 Å². The van der Waals surface area contributed by atoms with Gasteiger partial charge in [-0.2, -0.15) is 0 Å². The topological polar surface area (TPSA) is 86.0 Å². The largest absolute Gasteiger partial charge is 0.465 e. The number of rotatable bonds is 6. The summed E-state index contributed by atoms with van der Waals surface area (Å²) in [4.78, 5) is 39.1. The number of nitrogens with zero attached hydrogens (tertiary/aromatic N) is 1. The highest BCUT2D eigenvalue weighted by molar-refractivity contribution is 6.23. The van der Waals surface area contributed by atoms with Crippen LogP contribution in [0.15, 0.2) is 101 Å². The van der Waals surface area contributed by atoms with Crippen LogP contribution < -0.4 is 4.90 Å². The molecule has 39 heavy (non-hydrogen) atoms. The zero-order chi connectivity index (χ0) is 27.5. The fourth-order valence-corrected chi connectivity index (χ4v) is 4.45. The van der Waals surface area contributed by atoms with Crippen molar-refractivity contribution in [3.8, 4) is 11.3 Å². The van der Waals surface area contributed by atoms with Crippen LogP contribution in [-0.2, 0) is 14.3 Å². The van der Waals surface area contributed by atoms with E-state index in [0.717, 1.165) is 16.7 Å². The first-order valence-corrected chi connectivity index (χ1v) is 12.2. The molecule has 7 heteroatoms. The second-order valence-corrected chi connectivity index (χ2v) is 8.90. The van der Waals surface area contributed by atoms with Gasteiger partial charge in [0, 0.05) is 11.1 Å². The van der Waals surface area contributed by atoms with Crippen molar-refractivity contribution in [2.75, 3.05) is 19.1 Å². The predicted octanol–water partition coefficient (Wildman–Crippen LogP) is 6.30. The highest BCUT2D eigenvalue weighted by Crippen LogP contribution is 2.37. The number of furan rings is 1. The van der Waals surface area contributed by atoms with Crippen LogP contribution in [0.25, 0.3) is 23.1 Å². The lowest BCUT2D eigenvalue weighted by atomic mass is 10.1. The van der Waals surface area contributed by atoms with Gasteiger partial charge in [-0.05, 0) is 72.7 Å². The molecular formula is C32H25NO6. The molecule has 0 radical (unpaired) electrons. The molecule has 0 saturated heterocycles. The van der Waals surface area contributed by atoms with Crippen LogP contribution in [0.2, 0.25) is 0 Å². The lowest BCUT2D eigenvalue weighted by molar-refractivity contribution is -0.113. The Morgan fingerprint density at radius 3 is 2.13 bits per heavy atom. The third kappa shape index (κ3) is 5.02. The van der Waals surface area contributed by atoms with Crippen LogP contribution in [0.1, 0.15) is 37.6 Å². The molecule has 3 aromatic carbocycles. The number of ether oxygens (including phenoxy) is 2. The number of methoxy groups -OCH3 is 2. The Hall–Kier alpha value is -5.17. The molecule has 5 rings (SSSR count). The normalized spacial score (nSPS) is 13.9. The maximum absolute atomic E-state index is 13.8.